The van der Waals surface area contributed by atoms with Gasteiger partial charge in [0.15, 0.2) is 5.76 Å². The minimum absolute atomic E-state index is 0.0213. The van der Waals surface area contributed by atoms with E-state index in [1.54, 1.807) is 6.07 Å². The van der Waals surface area contributed by atoms with E-state index in [1.807, 2.05) is 0 Å². The summed E-state index contributed by atoms with van der Waals surface area (Å²) in [6.45, 7) is 1.98. The van der Waals surface area contributed by atoms with Crippen molar-refractivity contribution >= 4 is 5.91 Å². The molecule has 0 aliphatic carbocycles. The van der Waals surface area contributed by atoms with Crippen LogP contribution in [-0.4, -0.2) is 37.2 Å². The van der Waals surface area contributed by atoms with E-state index in [9.17, 15) is 18.0 Å². The maximum atomic E-state index is 12.1. The molecule has 1 aromatic carbocycles. The Morgan fingerprint density at radius 1 is 1.25 bits per heavy atom. The third-order valence-corrected chi connectivity index (χ3v) is 4.00. The Bertz CT molecular complexity index is 770. The van der Waals surface area contributed by atoms with Crippen molar-refractivity contribution in [3.8, 4) is 11.5 Å². The van der Waals surface area contributed by atoms with Gasteiger partial charge in [-0.25, -0.2) is 0 Å². The fourth-order valence-corrected chi connectivity index (χ4v) is 2.63. The lowest BCUT2D eigenvalue weighted by atomic mass is 10.1. The molecular formula is C18H19F3N2O5. The lowest BCUT2D eigenvalue weighted by Gasteiger charge is -2.09. The first-order valence-electron chi connectivity index (χ1n) is 8.65. The summed E-state index contributed by atoms with van der Waals surface area (Å²) in [5.41, 5.74) is 0.465. The van der Waals surface area contributed by atoms with Gasteiger partial charge in [0.05, 0.1) is 18.7 Å². The van der Waals surface area contributed by atoms with Crippen LogP contribution < -0.4 is 14.8 Å². The first kappa shape index (κ1) is 20.0. The first-order chi connectivity index (χ1) is 13.4. The number of rotatable bonds is 8. The Kier molecular flexibility index (Phi) is 6.40. The maximum Gasteiger partial charge on any atom is 0.573 e. The SMILES string of the molecule is O=C(Cc1cc(COc2ccc(OC(F)(F)F)cc2)on1)NCC1CCOC1. The number of hydrogen-bond acceptors (Lipinski definition) is 6. The molecule has 0 spiro atoms. The molecule has 7 nitrogen and oxygen atoms in total. The number of amides is 1. The standard InChI is InChI=1S/C18H19F3N2O5/c19-18(20,21)27-15-3-1-14(2-4-15)26-11-16-7-13(23-28-16)8-17(24)22-9-12-5-6-25-10-12/h1-4,7,12H,5-6,8-11H2,(H,22,24). The molecule has 1 N–H and O–H groups in total. The van der Waals surface area contributed by atoms with E-state index >= 15 is 0 Å². The smallest absolute Gasteiger partial charge is 0.486 e. The van der Waals surface area contributed by atoms with Gasteiger partial charge in [-0.2, -0.15) is 0 Å². The Morgan fingerprint density at radius 2 is 2.00 bits per heavy atom. The molecule has 1 amide bonds. The van der Waals surface area contributed by atoms with Crippen molar-refractivity contribution in [1.82, 2.24) is 10.5 Å². The third-order valence-electron chi connectivity index (χ3n) is 4.00. The highest BCUT2D eigenvalue weighted by molar-refractivity contribution is 5.78. The summed E-state index contributed by atoms with van der Waals surface area (Å²) in [7, 11) is 0. The number of ether oxygens (including phenoxy) is 3. The van der Waals surface area contributed by atoms with Gasteiger partial charge in [-0.1, -0.05) is 5.16 Å². The zero-order valence-electron chi connectivity index (χ0n) is 14.8. The van der Waals surface area contributed by atoms with E-state index in [2.05, 4.69) is 15.2 Å². The van der Waals surface area contributed by atoms with Gasteiger partial charge in [0.25, 0.3) is 0 Å². The van der Waals surface area contributed by atoms with Gasteiger partial charge in [-0.15, -0.1) is 13.2 Å². The average molecular weight is 400 g/mol. The molecule has 28 heavy (non-hydrogen) atoms. The predicted octanol–water partition coefficient (Wildman–Crippen LogP) is 2.85. The van der Waals surface area contributed by atoms with Crippen molar-refractivity contribution < 1.29 is 36.7 Å². The molecular weight excluding hydrogens is 381 g/mol. The lowest BCUT2D eigenvalue weighted by Crippen LogP contribution is -2.30. The molecule has 152 valence electrons. The fraction of sp³-hybridized carbons (Fsp3) is 0.444. The summed E-state index contributed by atoms with van der Waals surface area (Å²) < 4.78 is 55.9. The minimum Gasteiger partial charge on any atom is -0.486 e. The zero-order chi connectivity index (χ0) is 20.0. The number of alkyl halides is 3. The van der Waals surface area contributed by atoms with E-state index in [-0.39, 0.29) is 24.7 Å². The number of hydrogen-bond donors (Lipinski definition) is 1. The molecule has 3 rings (SSSR count). The van der Waals surface area contributed by atoms with Crippen LogP contribution in [0, 0.1) is 5.92 Å². The quantitative estimate of drug-likeness (QED) is 0.734. The van der Waals surface area contributed by atoms with Crippen LogP contribution in [0.4, 0.5) is 13.2 Å². The fourth-order valence-electron chi connectivity index (χ4n) is 2.63. The maximum absolute atomic E-state index is 12.1. The van der Waals surface area contributed by atoms with Crippen LogP contribution in [0.2, 0.25) is 0 Å². The molecule has 2 aromatic rings. The summed E-state index contributed by atoms with van der Waals surface area (Å²) >= 11 is 0. The molecule has 1 aliphatic rings. The largest absolute Gasteiger partial charge is 0.573 e. The Balaban J connectivity index is 1.42. The normalized spacial score (nSPS) is 16.8. The molecule has 2 heterocycles. The minimum atomic E-state index is -4.74. The second kappa shape index (κ2) is 8.96. The van der Waals surface area contributed by atoms with Crippen molar-refractivity contribution in [2.75, 3.05) is 19.8 Å². The third kappa shape index (κ3) is 6.45. The van der Waals surface area contributed by atoms with E-state index in [1.165, 1.54) is 12.1 Å². The van der Waals surface area contributed by atoms with Crippen LogP contribution in [0.5, 0.6) is 11.5 Å². The number of nitrogens with one attached hydrogen (secondary N) is 1. The van der Waals surface area contributed by atoms with Crippen molar-refractivity contribution in [2.45, 2.75) is 25.8 Å². The predicted molar refractivity (Wildman–Crippen MR) is 89.6 cm³/mol. The number of benzene rings is 1. The van der Waals surface area contributed by atoms with E-state index in [0.717, 1.165) is 25.2 Å². The van der Waals surface area contributed by atoms with Gasteiger partial charge in [0.1, 0.15) is 18.1 Å². The van der Waals surface area contributed by atoms with Crippen LogP contribution in [0.3, 0.4) is 0 Å². The lowest BCUT2D eigenvalue weighted by molar-refractivity contribution is -0.274. The second-order valence-corrected chi connectivity index (χ2v) is 6.30. The first-order valence-corrected chi connectivity index (χ1v) is 8.65. The Hall–Kier alpha value is -2.75. The number of carbonyl (C=O) groups is 1. The molecule has 1 fully saturated rings. The summed E-state index contributed by atoms with van der Waals surface area (Å²) in [4.78, 5) is 11.9. The Morgan fingerprint density at radius 3 is 2.68 bits per heavy atom. The van der Waals surface area contributed by atoms with Crippen molar-refractivity contribution in [1.29, 1.82) is 0 Å². The number of nitrogens with zero attached hydrogens (tertiary/aromatic N) is 1. The molecule has 1 saturated heterocycles. The molecule has 1 aromatic heterocycles. The van der Waals surface area contributed by atoms with Gasteiger partial charge in [0, 0.05) is 25.1 Å². The van der Waals surface area contributed by atoms with Gasteiger partial charge < -0.3 is 24.1 Å². The monoisotopic (exact) mass is 400 g/mol. The van der Waals surface area contributed by atoms with Crippen molar-refractivity contribution in [3.05, 3.63) is 41.8 Å². The van der Waals surface area contributed by atoms with Crippen LogP contribution in [0.25, 0.3) is 0 Å². The topological polar surface area (TPSA) is 82.8 Å². The molecule has 0 radical (unpaired) electrons. The second-order valence-electron chi connectivity index (χ2n) is 6.30. The summed E-state index contributed by atoms with van der Waals surface area (Å²) in [6, 6.07) is 6.58. The highest BCUT2D eigenvalue weighted by atomic mass is 19.4. The van der Waals surface area contributed by atoms with Crippen LogP contribution >= 0.6 is 0 Å². The summed E-state index contributed by atoms with van der Waals surface area (Å²) in [5.74, 6) is 0.578. The molecule has 10 heteroatoms. The van der Waals surface area contributed by atoms with E-state index < -0.39 is 6.36 Å². The van der Waals surface area contributed by atoms with Gasteiger partial charge in [-0.3, -0.25) is 4.79 Å². The van der Waals surface area contributed by atoms with Crippen LogP contribution in [0.15, 0.2) is 34.9 Å². The molecule has 1 aliphatic heterocycles. The number of aromatic nitrogens is 1. The molecule has 0 bridgehead atoms. The van der Waals surface area contributed by atoms with Crippen LogP contribution in [-0.2, 0) is 22.6 Å². The van der Waals surface area contributed by atoms with Gasteiger partial charge in [0.2, 0.25) is 5.91 Å². The van der Waals surface area contributed by atoms with Gasteiger partial charge >= 0.3 is 6.36 Å². The molecule has 1 atom stereocenters. The molecule has 0 saturated carbocycles. The molecule has 1 unspecified atom stereocenters. The number of halogens is 3. The highest BCUT2D eigenvalue weighted by Gasteiger charge is 2.31. The zero-order valence-corrected chi connectivity index (χ0v) is 14.8. The van der Waals surface area contributed by atoms with Crippen molar-refractivity contribution in [3.63, 3.8) is 0 Å². The summed E-state index contributed by atoms with van der Waals surface area (Å²) in [5, 5.41) is 6.65. The van der Waals surface area contributed by atoms with Crippen molar-refractivity contribution in [2.24, 2.45) is 5.92 Å². The Labute approximate surface area is 158 Å². The van der Waals surface area contributed by atoms with Crippen LogP contribution in [0.1, 0.15) is 17.9 Å². The number of carbonyl (C=O) groups excluding carboxylic acids is 1. The summed E-state index contributed by atoms with van der Waals surface area (Å²) in [6.07, 6.45) is -3.72. The highest BCUT2D eigenvalue weighted by Crippen LogP contribution is 2.25. The van der Waals surface area contributed by atoms with E-state index in [0.29, 0.717) is 36.3 Å². The van der Waals surface area contributed by atoms with E-state index in [4.69, 9.17) is 14.0 Å². The average Bonchev–Trinajstić information content (AvgIpc) is 3.30. The van der Waals surface area contributed by atoms with Gasteiger partial charge in [-0.05, 0) is 30.7 Å².